The van der Waals surface area contributed by atoms with Gasteiger partial charge in [0, 0.05) is 7.11 Å². The Kier molecular flexibility index (Phi) is 5.62. The summed E-state index contributed by atoms with van der Waals surface area (Å²) in [5, 5.41) is 10.3. The van der Waals surface area contributed by atoms with Crippen molar-refractivity contribution in [2.24, 2.45) is 0 Å². The molecule has 0 aromatic rings. The van der Waals surface area contributed by atoms with E-state index < -0.39 is 0 Å². The van der Waals surface area contributed by atoms with Gasteiger partial charge in [-0.05, 0) is 19.3 Å². The van der Waals surface area contributed by atoms with Gasteiger partial charge in [-0.15, -0.1) is 0 Å². The normalized spacial score (nSPS) is 23.4. The lowest BCUT2D eigenvalue weighted by Gasteiger charge is -2.36. The first-order valence-electron chi connectivity index (χ1n) is 6.48. The number of aliphatic hydroxyl groups excluding tert-OH is 1. The molecular weight excluding hydrogens is 188 g/mol. The van der Waals surface area contributed by atoms with Crippen LogP contribution in [0.3, 0.4) is 0 Å². The molecule has 1 saturated carbocycles. The highest BCUT2D eigenvalue weighted by Crippen LogP contribution is 2.34. The lowest BCUT2D eigenvalue weighted by atomic mass is 9.85. The van der Waals surface area contributed by atoms with Gasteiger partial charge in [-0.25, -0.2) is 0 Å². The zero-order valence-corrected chi connectivity index (χ0v) is 10.3. The Morgan fingerprint density at radius 3 is 2.27 bits per heavy atom. The Labute approximate surface area is 94.0 Å². The minimum atomic E-state index is -0.263. The predicted molar refractivity (Wildman–Crippen MR) is 63.0 cm³/mol. The van der Waals surface area contributed by atoms with E-state index in [1.54, 1.807) is 7.11 Å². The van der Waals surface area contributed by atoms with Crippen LogP contribution in [0.1, 0.15) is 64.7 Å². The highest BCUT2D eigenvalue weighted by atomic mass is 16.5. The highest BCUT2D eigenvalue weighted by molar-refractivity contribution is 4.89. The van der Waals surface area contributed by atoms with Crippen LogP contribution in [0.4, 0.5) is 0 Å². The van der Waals surface area contributed by atoms with Gasteiger partial charge in [0.05, 0.1) is 11.7 Å². The van der Waals surface area contributed by atoms with Crippen LogP contribution in [0.5, 0.6) is 0 Å². The van der Waals surface area contributed by atoms with Crippen LogP contribution >= 0.6 is 0 Å². The molecule has 2 nitrogen and oxygen atoms in total. The van der Waals surface area contributed by atoms with Crippen LogP contribution < -0.4 is 0 Å². The second kappa shape index (κ2) is 6.49. The standard InChI is InChI=1S/C13H26O2/c1-3-4-9-12(14)13(15-2)10-7-5-6-8-11-13/h12,14H,3-11H2,1-2H3. The van der Waals surface area contributed by atoms with E-state index in [0.29, 0.717) is 0 Å². The SMILES string of the molecule is CCCCC(O)C1(OC)CCCCCC1. The minimum Gasteiger partial charge on any atom is -0.390 e. The highest BCUT2D eigenvalue weighted by Gasteiger charge is 2.37. The number of rotatable bonds is 5. The Bertz CT molecular complexity index is 160. The number of hydrogen-bond acceptors (Lipinski definition) is 2. The monoisotopic (exact) mass is 214 g/mol. The molecule has 1 N–H and O–H groups in total. The molecule has 0 radical (unpaired) electrons. The van der Waals surface area contributed by atoms with Crippen LogP contribution in [-0.4, -0.2) is 23.9 Å². The Hall–Kier alpha value is -0.0800. The first kappa shape index (κ1) is 13.0. The Balaban J connectivity index is 2.55. The van der Waals surface area contributed by atoms with Crippen LogP contribution in [0.25, 0.3) is 0 Å². The largest absolute Gasteiger partial charge is 0.390 e. The van der Waals surface area contributed by atoms with Crippen molar-refractivity contribution >= 4 is 0 Å². The molecule has 1 atom stereocenters. The molecule has 0 aromatic heterocycles. The molecular formula is C13H26O2. The fourth-order valence-corrected chi connectivity index (χ4v) is 2.66. The van der Waals surface area contributed by atoms with Gasteiger partial charge in [-0.1, -0.05) is 45.4 Å². The second-order valence-corrected chi connectivity index (χ2v) is 4.84. The van der Waals surface area contributed by atoms with E-state index in [1.165, 1.54) is 25.7 Å². The van der Waals surface area contributed by atoms with Crippen LogP contribution in [0.15, 0.2) is 0 Å². The quantitative estimate of drug-likeness (QED) is 0.712. The summed E-state index contributed by atoms with van der Waals surface area (Å²) in [6.45, 7) is 2.17. The first-order chi connectivity index (χ1) is 7.25. The molecule has 1 rings (SSSR count). The second-order valence-electron chi connectivity index (χ2n) is 4.84. The minimum absolute atomic E-state index is 0.230. The first-order valence-corrected chi connectivity index (χ1v) is 6.48. The summed E-state index contributed by atoms with van der Waals surface area (Å²) in [4.78, 5) is 0. The molecule has 0 bridgehead atoms. The van der Waals surface area contributed by atoms with Gasteiger partial charge in [0.1, 0.15) is 0 Å². The summed E-state index contributed by atoms with van der Waals surface area (Å²) in [5.41, 5.74) is -0.230. The number of ether oxygens (including phenoxy) is 1. The number of unbranched alkanes of at least 4 members (excludes halogenated alkanes) is 1. The van der Waals surface area contributed by atoms with Crippen molar-refractivity contribution < 1.29 is 9.84 Å². The maximum absolute atomic E-state index is 10.3. The van der Waals surface area contributed by atoms with Crippen molar-refractivity contribution in [2.45, 2.75) is 76.4 Å². The number of aliphatic hydroxyl groups is 1. The van der Waals surface area contributed by atoms with Crippen LogP contribution in [0.2, 0.25) is 0 Å². The predicted octanol–water partition coefficient (Wildman–Crippen LogP) is 3.28. The fourth-order valence-electron chi connectivity index (χ4n) is 2.66. The van der Waals surface area contributed by atoms with Crippen molar-refractivity contribution in [3.8, 4) is 0 Å². The third-order valence-corrected chi connectivity index (χ3v) is 3.79. The van der Waals surface area contributed by atoms with Crippen molar-refractivity contribution in [1.82, 2.24) is 0 Å². The molecule has 0 spiro atoms. The Morgan fingerprint density at radius 1 is 1.20 bits per heavy atom. The summed E-state index contributed by atoms with van der Waals surface area (Å²) in [7, 11) is 1.76. The fraction of sp³-hybridized carbons (Fsp3) is 1.00. The molecule has 0 aromatic carbocycles. The summed E-state index contributed by atoms with van der Waals surface area (Å²) >= 11 is 0. The van der Waals surface area contributed by atoms with E-state index in [0.717, 1.165) is 32.1 Å². The summed E-state index contributed by atoms with van der Waals surface area (Å²) in [6, 6.07) is 0. The van der Waals surface area contributed by atoms with Crippen molar-refractivity contribution in [3.63, 3.8) is 0 Å². The molecule has 1 fully saturated rings. The van der Waals surface area contributed by atoms with E-state index in [4.69, 9.17) is 4.74 Å². The van der Waals surface area contributed by atoms with Gasteiger partial charge in [-0.2, -0.15) is 0 Å². The van der Waals surface area contributed by atoms with E-state index >= 15 is 0 Å². The smallest absolute Gasteiger partial charge is 0.0936 e. The van der Waals surface area contributed by atoms with E-state index in [-0.39, 0.29) is 11.7 Å². The maximum Gasteiger partial charge on any atom is 0.0936 e. The number of methoxy groups -OCH3 is 1. The van der Waals surface area contributed by atoms with E-state index in [9.17, 15) is 5.11 Å². The van der Waals surface area contributed by atoms with Crippen LogP contribution in [-0.2, 0) is 4.74 Å². The van der Waals surface area contributed by atoms with Gasteiger partial charge in [0.15, 0.2) is 0 Å². The van der Waals surface area contributed by atoms with Crippen LogP contribution in [0, 0.1) is 0 Å². The summed E-state index contributed by atoms with van der Waals surface area (Å²) in [5.74, 6) is 0. The lowest BCUT2D eigenvalue weighted by molar-refractivity contribution is -0.114. The molecule has 1 aliphatic carbocycles. The van der Waals surface area contributed by atoms with Gasteiger partial charge in [0.2, 0.25) is 0 Å². The summed E-state index contributed by atoms with van der Waals surface area (Å²) < 4.78 is 5.67. The third-order valence-electron chi connectivity index (χ3n) is 3.79. The maximum atomic E-state index is 10.3. The number of hydrogen-bond donors (Lipinski definition) is 1. The molecule has 0 amide bonds. The van der Waals surface area contributed by atoms with Crippen molar-refractivity contribution in [3.05, 3.63) is 0 Å². The zero-order chi connectivity index (χ0) is 11.1. The average Bonchev–Trinajstić information content (AvgIpc) is 2.52. The van der Waals surface area contributed by atoms with Gasteiger partial charge < -0.3 is 9.84 Å². The van der Waals surface area contributed by atoms with Gasteiger partial charge >= 0.3 is 0 Å². The molecule has 0 heterocycles. The summed E-state index contributed by atoms with van der Waals surface area (Å²) in [6.07, 6.45) is 9.96. The molecule has 90 valence electrons. The van der Waals surface area contributed by atoms with Gasteiger partial charge in [-0.3, -0.25) is 0 Å². The molecule has 0 aliphatic heterocycles. The topological polar surface area (TPSA) is 29.5 Å². The van der Waals surface area contributed by atoms with Crippen molar-refractivity contribution in [2.75, 3.05) is 7.11 Å². The molecule has 1 aliphatic rings. The van der Waals surface area contributed by atoms with Crippen molar-refractivity contribution in [1.29, 1.82) is 0 Å². The average molecular weight is 214 g/mol. The molecule has 15 heavy (non-hydrogen) atoms. The Morgan fingerprint density at radius 2 is 1.80 bits per heavy atom. The van der Waals surface area contributed by atoms with E-state index in [2.05, 4.69) is 6.92 Å². The zero-order valence-electron chi connectivity index (χ0n) is 10.3. The lowest BCUT2D eigenvalue weighted by Crippen LogP contribution is -2.43. The third kappa shape index (κ3) is 3.46. The van der Waals surface area contributed by atoms with E-state index in [1.807, 2.05) is 0 Å². The molecule has 1 unspecified atom stereocenters. The van der Waals surface area contributed by atoms with Gasteiger partial charge in [0.25, 0.3) is 0 Å². The molecule has 0 saturated heterocycles. The molecule has 2 heteroatoms.